The number of carbonyl (C=O) groups is 1. The fraction of sp³-hybridized carbons (Fsp3) is 0.267. The second-order valence-electron chi connectivity index (χ2n) is 4.62. The topological polar surface area (TPSA) is 64.1 Å². The SMILES string of the molecule is COc1ccccc1CC(C)NC(=O)c1cncc(Cl)n1. The predicted molar refractivity (Wildman–Crippen MR) is 80.7 cm³/mol. The van der Waals surface area contributed by atoms with Gasteiger partial charge in [-0.3, -0.25) is 9.78 Å². The van der Waals surface area contributed by atoms with Gasteiger partial charge in [-0.15, -0.1) is 0 Å². The summed E-state index contributed by atoms with van der Waals surface area (Å²) in [5, 5.41) is 3.06. The van der Waals surface area contributed by atoms with Crippen molar-refractivity contribution in [2.75, 3.05) is 7.11 Å². The van der Waals surface area contributed by atoms with Crippen LogP contribution in [-0.4, -0.2) is 29.0 Å². The third-order valence-corrected chi connectivity index (χ3v) is 3.12. The van der Waals surface area contributed by atoms with Gasteiger partial charge in [-0.05, 0) is 25.0 Å². The van der Waals surface area contributed by atoms with E-state index in [0.29, 0.717) is 6.42 Å². The van der Waals surface area contributed by atoms with Crippen LogP contribution in [0.25, 0.3) is 0 Å². The van der Waals surface area contributed by atoms with Crippen LogP contribution < -0.4 is 10.1 Å². The Labute approximate surface area is 128 Å². The lowest BCUT2D eigenvalue weighted by molar-refractivity contribution is 0.0934. The molecule has 21 heavy (non-hydrogen) atoms. The molecule has 1 unspecified atom stereocenters. The van der Waals surface area contributed by atoms with Gasteiger partial charge in [0.2, 0.25) is 0 Å². The molecule has 1 heterocycles. The first-order valence-electron chi connectivity index (χ1n) is 6.50. The quantitative estimate of drug-likeness (QED) is 0.922. The van der Waals surface area contributed by atoms with Gasteiger partial charge in [0.15, 0.2) is 0 Å². The van der Waals surface area contributed by atoms with E-state index < -0.39 is 0 Å². The van der Waals surface area contributed by atoms with Crippen LogP contribution in [0.15, 0.2) is 36.7 Å². The molecular formula is C15H16ClN3O2. The van der Waals surface area contributed by atoms with Crippen LogP contribution in [0.2, 0.25) is 5.15 Å². The fourth-order valence-electron chi connectivity index (χ4n) is 2.00. The first-order valence-corrected chi connectivity index (χ1v) is 6.88. The summed E-state index contributed by atoms with van der Waals surface area (Å²) in [6, 6.07) is 7.64. The third kappa shape index (κ3) is 4.16. The van der Waals surface area contributed by atoms with Gasteiger partial charge in [0.1, 0.15) is 16.6 Å². The largest absolute Gasteiger partial charge is 0.496 e. The normalized spacial score (nSPS) is 11.8. The van der Waals surface area contributed by atoms with E-state index in [4.69, 9.17) is 16.3 Å². The van der Waals surface area contributed by atoms with Crippen LogP contribution in [-0.2, 0) is 6.42 Å². The number of hydrogen-bond donors (Lipinski definition) is 1. The fourth-order valence-corrected chi connectivity index (χ4v) is 2.15. The van der Waals surface area contributed by atoms with Gasteiger partial charge in [0.25, 0.3) is 5.91 Å². The van der Waals surface area contributed by atoms with E-state index in [-0.39, 0.29) is 22.8 Å². The van der Waals surface area contributed by atoms with Gasteiger partial charge in [-0.1, -0.05) is 29.8 Å². The molecule has 110 valence electrons. The minimum absolute atomic E-state index is 0.0745. The molecule has 0 radical (unpaired) electrons. The number of nitrogens with zero attached hydrogens (tertiary/aromatic N) is 2. The number of amides is 1. The van der Waals surface area contributed by atoms with Gasteiger partial charge in [-0.2, -0.15) is 0 Å². The van der Waals surface area contributed by atoms with Gasteiger partial charge < -0.3 is 10.1 Å². The number of halogens is 1. The molecule has 5 nitrogen and oxygen atoms in total. The van der Waals surface area contributed by atoms with Crippen molar-refractivity contribution in [1.82, 2.24) is 15.3 Å². The Balaban J connectivity index is 2.01. The Hall–Kier alpha value is -2.14. The van der Waals surface area contributed by atoms with Gasteiger partial charge in [-0.25, -0.2) is 4.98 Å². The molecule has 6 heteroatoms. The Morgan fingerprint density at radius 3 is 2.86 bits per heavy atom. The molecule has 0 bridgehead atoms. The Morgan fingerprint density at radius 2 is 2.14 bits per heavy atom. The van der Waals surface area contributed by atoms with Crippen molar-refractivity contribution < 1.29 is 9.53 Å². The number of benzene rings is 1. The summed E-state index contributed by atoms with van der Waals surface area (Å²) < 4.78 is 5.30. The molecule has 1 aromatic heterocycles. The average molecular weight is 306 g/mol. The van der Waals surface area contributed by atoms with Crippen LogP contribution in [0, 0.1) is 0 Å². The Kier molecular flexibility index (Phi) is 5.11. The van der Waals surface area contributed by atoms with E-state index in [2.05, 4.69) is 15.3 Å². The molecule has 0 spiro atoms. The zero-order valence-electron chi connectivity index (χ0n) is 11.8. The number of rotatable bonds is 5. The highest BCUT2D eigenvalue weighted by molar-refractivity contribution is 6.29. The molecule has 1 atom stereocenters. The number of hydrogen-bond acceptors (Lipinski definition) is 4. The summed E-state index contributed by atoms with van der Waals surface area (Å²) in [6.07, 6.45) is 3.43. The molecule has 1 aromatic carbocycles. The zero-order chi connectivity index (χ0) is 15.2. The number of carbonyl (C=O) groups excluding carboxylic acids is 1. The van der Waals surface area contributed by atoms with Crippen LogP contribution >= 0.6 is 11.6 Å². The van der Waals surface area contributed by atoms with Gasteiger partial charge >= 0.3 is 0 Å². The summed E-state index contributed by atoms with van der Waals surface area (Å²) in [6.45, 7) is 1.92. The van der Waals surface area contributed by atoms with Crippen molar-refractivity contribution in [3.8, 4) is 5.75 Å². The van der Waals surface area contributed by atoms with E-state index in [1.54, 1.807) is 7.11 Å². The van der Waals surface area contributed by atoms with Crippen LogP contribution in [0.4, 0.5) is 0 Å². The lowest BCUT2D eigenvalue weighted by Crippen LogP contribution is -2.34. The number of ether oxygens (including phenoxy) is 1. The van der Waals surface area contributed by atoms with Crippen LogP contribution in [0.3, 0.4) is 0 Å². The lowest BCUT2D eigenvalue weighted by Gasteiger charge is -2.15. The molecule has 0 fully saturated rings. The van der Waals surface area contributed by atoms with Gasteiger partial charge in [0, 0.05) is 6.04 Å². The molecule has 2 rings (SSSR count). The minimum atomic E-state index is -0.299. The van der Waals surface area contributed by atoms with Crippen molar-refractivity contribution in [2.24, 2.45) is 0 Å². The smallest absolute Gasteiger partial charge is 0.271 e. The summed E-state index contributed by atoms with van der Waals surface area (Å²) in [7, 11) is 1.63. The van der Waals surface area contributed by atoms with E-state index in [1.807, 2.05) is 31.2 Å². The molecule has 0 aliphatic heterocycles. The summed E-state index contributed by atoms with van der Waals surface area (Å²) in [4.78, 5) is 19.8. The molecule has 0 saturated carbocycles. The van der Waals surface area contributed by atoms with E-state index >= 15 is 0 Å². The maximum atomic E-state index is 12.0. The molecule has 0 aliphatic carbocycles. The van der Waals surface area contributed by atoms with Gasteiger partial charge in [0.05, 0.1) is 19.5 Å². The first kappa shape index (κ1) is 15.3. The van der Waals surface area contributed by atoms with E-state index in [0.717, 1.165) is 11.3 Å². The van der Waals surface area contributed by atoms with Crippen molar-refractivity contribution in [3.05, 3.63) is 53.1 Å². The van der Waals surface area contributed by atoms with Crippen molar-refractivity contribution in [3.63, 3.8) is 0 Å². The average Bonchev–Trinajstić information content (AvgIpc) is 2.47. The third-order valence-electron chi connectivity index (χ3n) is 2.93. The zero-order valence-corrected chi connectivity index (χ0v) is 12.6. The maximum Gasteiger partial charge on any atom is 0.271 e. The molecular weight excluding hydrogens is 290 g/mol. The monoisotopic (exact) mass is 305 g/mol. The summed E-state index contributed by atoms with van der Waals surface area (Å²) in [5.41, 5.74) is 1.24. The predicted octanol–water partition coefficient (Wildman–Crippen LogP) is 2.50. The van der Waals surface area contributed by atoms with Crippen LogP contribution in [0.1, 0.15) is 23.0 Å². The van der Waals surface area contributed by atoms with Crippen molar-refractivity contribution in [1.29, 1.82) is 0 Å². The number of nitrogens with one attached hydrogen (secondary N) is 1. The van der Waals surface area contributed by atoms with E-state index in [1.165, 1.54) is 12.4 Å². The number of para-hydroxylation sites is 1. The van der Waals surface area contributed by atoms with Crippen molar-refractivity contribution in [2.45, 2.75) is 19.4 Å². The van der Waals surface area contributed by atoms with Crippen molar-refractivity contribution >= 4 is 17.5 Å². The highest BCUT2D eigenvalue weighted by Gasteiger charge is 2.13. The first-order chi connectivity index (χ1) is 10.1. The van der Waals surface area contributed by atoms with E-state index in [9.17, 15) is 4.79 Å². The highest BCUT2D eigenvalue weighted by atomic mass is 35.5. The minimum Gasteiger partial charge on any atom is -0.496 e. The molecule has 0 saturated heterocycles. The number of aromatic nitrogens is 2. The Bertz CT molecular complexity index is 634. The van der Waals surface area contributed by atoms with Crippen LogP contribution in [0.5, 0.6) is 5.75 Å². The maximum absolute atomic E-state index is 12.0. The molecule has 2 aromatic rings. The summed E-state index contributed by atoms with van der Waals surface area (Å²) in [5.74, 6) is 0.508. The molecule has 1 N–H and O–H groups in total. The second kappa shape index (κ2) is 7.04. The Morgan fingerprint density at radius 1 is 1.38 bits per heavy atom. The number of methoxy groups -OCH3 is 1. The molecule has 1 amide bonds. The standard InChI is InChI=1S/C15H16ClN3O2/c1-10(7-11-5-3-4-6-13(11)21-2)18-15(20)12-8-17-9-14(16)19-12/h3-6,8-10H,7H2,1-2H3,(H,18,20). The second-order valence-corrected chi connectivity index (χ2v) is 5.00. The highest BCUT2D eigenvalue weighted by Crippen LogP contribution is 2.18. The summed E-state index contributed by atoms with van der Waals surface area (Å²) >= 11 is 5.72. The molecule has 0 aliphatic rings. The lowest BCUT2D eigenvalue weighted by atomic mass is 10.1.